The van der Waals surface area contributed by atoms with E-state index in [0.29, 0.717) is 50.7 Å². The van der Waals surface area contributed by atoms with Crippen LogP contribution in [0, 0.1) is 5.92 Å². The van der Waals surface area contributed by atoms with Gasteiger partial charge in [0, 0.05) is 31.2 Å². The quantitative estimate of drug-likeness (QED) is 0.764. The zero-order valence-corrected chi connectivity index (χ0v) is 16.3. The molecule has 2 aliphatic rings. The van der Waals surface area contributed by atoms with E-state index in [1.165, 1.54) is 23.5 Å². The summed E-state index contributed by atoms with van der Waals surface area (Å²) in [4.78, 5) is 14.5. The molecule has 3 rings (SSSR count). The molecule has 1 amide bonds. The van der Waals surface area contributed by atoms with Crippen molar-refractivity contribution < 1.29 is 22.7 Å². The first-order valence-corrected chi connectivity index (χ1v) is 10.5. The molecule has 0 unspecified atom stereocenters. The van der Waals surface area contributed by atoms with Gasteiger partial charge in [-0.1, -0.05) is 11.6 Å². The van der Waals surface area contributed by atoms with Crippen LogP contribution in [0.2, 0.25) is 5.02 Å². The number of piperidine rings is 1. The summed E-state index contributed by atoms with van der Waals surface area (Å²) in [7, 11) is -2.38. The Labute approximate surface area is 158 Å². The van der Waals surface area contributed by atoms with Crippen molar-refractivity contribution >= 4 is 27.5 Å². The van der Waals surface area contributed by atoms with Crippen LogP contribution in [0.4, 0.5) is 0 Å². The Morgan fingerprint density at radius 1 is 1.27 bits per heavy atom. The zero-order chi connectivity index (χ0) is 18.7. The molecular weight excluding hydrogens is 380 g/mol. The molecule has 1 atom stereocenters. The van der Waals surface area contributed by atoms with Gasteiger partial charge in [-0.05, 0) is 31.0 Å². The van der Waals surface area contributed by atoms with Gasteiger partial charge in [-0.2, -0.15) is 4.31 Å². The summed E-state index contributed by atoms with van der Waals surface area (Å²) in [5, 5.41) is 0.322. The molecule has 2 saturated heterocycles. The molecule has 0 radical (unpaired) electrons. The molecule has 0 aliphatic carbocycles. The van der Waals surface area contributed by atoms with E-state index in [0.717, 1.165) is 0 Å². The highest BCUT2D eigenvalue weighted by atomic mass is 35.5. The fourth-order valence-electron chi connectivity index (χ4n) is 3.40. The molecule has 9 heteroatoms. The Morgan fingerprint density at radius 3 is 2.69 bits per heavy atom. The van der Waals surface area contributed by atoms with E-state index in [4.69, 9.17) is 21.1 Å². The number of sulfonamides is 1. The monoisotopic (exact) mass is 402 g/mol. The van der Waals surface area contributed by atoms with E-state index < -0.39 is 10.0 Å². The predicted octanol–water partition coefficient (Wildman–Crippen LogP) is 1.61. The van der Waals surface area contributed by atoms with E-state index >= 15 is 0 Å². The van der Waals surface area contributed by atoms with Crippen LogP contribution >= 0.6 is 11.6 Å². The van der Waals surface area contributed by atoms with E-state index in [1.54, 1.807) is 11.0 Å². The number of morpholine rings is 1. The van der Waals surface area contributed by atoms with Crippen LogP contribution in [0.5, 0.6) is 5.75 Å². The van der Waals surface area contributed by atoms with Crippen LogP contribution in [0.15, 0.2) is 23.1 Å². The van der Waals surface area contributed by atoms with Gasteiger partial charge in [0.25, 0.3) is 0 Å². The van der Waals surface area contributed by atoms with Gasteiger partial charge in [0.15, 0.2) is 0 Å². The second-order valence-corrected chi connectivity index (χ2v) is 8.78. The number of ether oxygens (including phenoxy) is 2. The maximum atomic E-state index is 13.1. The second kappa shape index (κ2) is 8.12. The molecule has 7 nitrogen and oxygen atoms in total. The van der Waals surface area contributed by atoms with Crippen molar-refractivity contribution in [3.8, 4) is 5.75 Å². The number of carbonyl (C=O) groups excluding carboxylic acids is 1. The minimum Gasteiger partial charge on any atom is -0.495 e. The molecule has 144 valence electrons. The molecule has 26 heavy (non-hydrogen) atoms. The average Bonchev–Trinajstić information content (AvgIpc) is 2.68. The van der Waals surface area contributed by atoms with Crippen molar-refractivity contribution in [3.63, 3.8) is 0 Å². The number of rotatable bonds is 4. The van der Waals surface area contributed by atoms with Gasteiger partial charge < -0.3 is 14.4 Å². The van der Waals surface area contributed by atoms with Gasteiger partial charge in [-0.15, -0.1) is 0 Å². The van der Waals surface area contributed by atoms with Crippen LogP contribution < -0.4 is 4.74 Å². The first-order valence-electron chi connectivity index (χ1n) is 8.63. The summed E-state index contributed by atoms with van der Waals surface area (Å²) in [6, 6.07) is 4.51. The highest BCUT2D eigenvalue weighted by Gasteiger charge is 2.36. The lowest BCUT2D eigenvalue weighted by molar-refractivity contribution is -0.140. The molecule has 0 spiro atoms. The Kier molecular flexibility index (Phi) is 6.06. The number of amides is 1. The van der Waals surface area contributed by atoms with Crippen molar-refractivity contribution in [1.82, 2.24) is 9.21 Å². The summed E-state index contributed by atoms with van der Waals surface area (Å²) in [6.45, 7) is 2.73. The van der Waals surface area contributed by atoms with E-state index in [-0.39, 0.29) is 29.0 Å². The Hall–Kier alpha value is -1.35. The van der Waals surface area contributed by atoms with Crippen LogP contribution in [-0.2, 0) is 19.6 Å². The Morgan fingerprint density at radius 2 is 2.00 bits per heavy atom. The van der Waals surface area contributed by atoms with E-state index in [1.807, 2.05) is 0 Å². The largest absolute Gasteiger partial charge is 0.495 e. The maximum absolute atomic E-state index is 13.1. The fourth-order valence-corrected chi connectivity index (χ4v) is 5.34. The van der Waals surface area contributed by atoms with Gasteiger partial charge in [-0.25, -0.2) is 8.42 Å². The van der Waals surface area contributed by atoms with E-state index in [2.05, 4.69) is 0 Å². The molecule has 1 aromatic rings. The molecule has 0 saturated carbocycles. The van der Waals surface area contributed by atoms with Crippen molar-refractivity contribution in [1.29, 1.82) is 0 Å². The number of carbonyl (C=O) groups is 1. The van der Waals surface area contributed by atoms with Gasteiger partial charge in [0.2, 0.25) is 15.9 Å². The van der Waals surface area contributed by atoms with Crippen molar-refractivity contribution in [2.75, 3.05) is 46.5 Å². The molecule has 2 heterocycles. The van der Waals surface area contributed by atoms with Crippen molar-refractivity contribution in [2.24, 2.45) is 5.92 Å². The maximum Gasteiger partial charge on any atom is 0.246 e. The van der Waals surface area contributed by atoms with Crippen molar-refractivity contribution in [2.45, 2.75) is 17.7 Å². The smallest absolute Gasteiger partial charge is 0.246 e. The minimum atomic E-state index is -3.80. The number of hydrogen-bond acceptors (Lipinski definition) is 5. The van der Waals surface area contributed by atoms with Crippen LogP contribution in [0.3, 0.4) is 0 Å². The first kappa shape index (κ1) is 19.4. The van der Waals surface area contributed by atoms with E-state index in [9.17, 15) is 13.2 Å². The minimum absolute atomic E-state index is 0.00580. The number of nitrogens with zero attached hydrogens (tertiary/aromatic N) is 2. The van der Waals surface area contributed by atoms with Gasteiger partial charge in [0.05, 0.1) is 26.2 Å². The third-order valence-corrected chi connectivity index (χ3v) is 6.92. The third-order valence-electron chi connectivity index (χ3n) is 4.80. The number of methoxy groups -OCH3 is 1. The lowest BCUT2D eigenvalue weighted by Gasteiger charge is -2.35. The SMILES string of the molecule is COc1ccc(Cl)cc1S(=O)(=O)N1CCC[C@H](C(=O)N2CCOCC2)C1. The lowest BCUT2D eigenvalue weighted by Crippen LogP contribution is -2.49. The number of hydrogen-bond donors (Lipinski definition) is 0. The molecule has 2 aliphatic heterocycles. The first-order chi connectivity index (χ1) is 12.4. The average molecular weight is 403 g/mol. The van der Waals surface area contributed by atoms with Crippen molar-refractivity contribution in [3.05, 3.63) is 23.2 Å². The Balaban J connectivity index is 1.80. The highest BCUT2D eigenvalue weighted by molar-refractivity contribution is 7.89. The molecule has 0 aromatic heterocycles. The van der Waals surface area contributed by atoms with Gasteiger partial charge in [0.1, 0.15) is 10.6 Å². The summed E-state index contributed by atoms with van der Waals surface area (Å²) >= 11 is 5.99. The molecule has 1 aromatic carbocycles. The Bertz CT molecular complexity index is 764. The second-order valence-electron chi connectivity index (χ2n) is 6.44. The molecule has 2 fully saturated rings. The van der Waals surface area contributed by atoms with Gasteiger partial charge >= 0.3 is 0 Å². The predicted molar refractivity (Wildman–Crippen MR) is 96.9 cm³/mol. The summed E-state index contributed by atoms with van der Waals surface area (Å²) < 4.78 is 38.1. The van der Waals surface area contributed by atoms with Crippen LogP contribution in [0.1, 0.15) is 12.8 Å². The number of halogens is 1. The fraction of sp³-hybridized carbons (Fsp3) is 0.588. The lowest BCUT2D eigenvalue weighted by atomic mass is 9.98. The van der Waals surface area contributed by atoms with Crippen LogP contribution in [0.25, 0.3) is 0 Å². The zero-order valence-electron chi connectivity index (χ0n) is 14.7. The summed E-state index contributed by atoms with van der Waals surface area (Å²) in [5.74, 6) is -0.0795. The van der Waals surface area contributed by atoms with Crippen LogP contribution in [-0.4, -0.2) is 70.0 Å². The summed E-state index contributed by atoms with van der Waals surface area (Å²) in [5.41, 5.74) is 0. The standard InChI is InChI=1S/C17H23ClN2O5S/c1-24-15-5-4-14(18)11-16(15)26(22,23)20-6-2-3-13(12-20)17(21)19-7-9-25-10-8-19/h4-5,11,13H,2-3,6-10,12H2,1H3/t13-/m0/s1. The number of benzene rings is 1. The van der Waals surface area contributed by atoms with Gasteiger partial charge in [-0.3, -0.25) is 4.79 Å². The molecule has 0 bridgehead atoms. The normalized spacial score (nSPS) is 22.2. The third kappa shape index (κ3) is 3.98. The topological polar surface area (TPSA) is 76.2 Å². The highest BCUT2D eigenvalue weighted by Crippen LogP contribution is 2.32. The summed E-state index contributed by atoms with van der Waals surface area (Å²) in [6.07, 6.45) is 1.33. The molecular formula is C17H23ClN2O5S. The molecule has 0 N–H and O–H groups in total.